The molecule has 2 atom stereocenters. The highest BCUT2D eigenvalue weighted by Crippen LogP contribution is 2.37. The van der Waals surface area contributed by atoms with Crippen LogP contribution in [0.5, 0.6) is 0 Å². The van der Waals surface area contributed by atoms with Gasteiger partial charge in [-0.25, -0.2) is 0 Å². The zero-order valence-corrected chi connectivity index (χ0v) is 14.7. The van der Waals surface area contributed by atoms with Crippen LogP contribution in [0.25, 0.3) is 0 Å². The average Bonchev–Trinajstić information content (AvgIpc) is 3.39. The molecule has 0 bridgehead atoms. The summed E-state index contributed by atoms with van der Waals surface area (Å²) in [5, 5.41) is 13.9. The highest BCUT2D eigenvalue weighted by atomic mass is 16.2. The Bertz CT molecular complexity index is 787. The van der Waals surface area contributed by atoms with Crippen LogP contribution in [0.1, 0.15) is 19.8 Å². The number of anilines is 1. The van der Waals surface area contributed by atoms with Crippen LogP contribution in [-0.4, -0.2) is 18.4 Å². The minimum atomic E-state index is -0.132. The maximum Gasteiger partial charge on any atom is 0.226 e. The Morgan fingerprint density at radius 2 is 1.62 bits per heavy atom. The summed E-state index contributed by atoms with van der Waals surface area (Å²) in [5.74, 6) is 0.531. The number of hydrogen-bond donors (Lipinski definition) is 2. The molecule has 6 heteroatoms. The highest BCUT2D eigenvalue weighted by molar-refractivity contribution is 5.91. The monoisotopic (exact) mass is 350 g/mol. The van der Waals surface area contributed by atoms with E-state index in [1.165, 1.54) is 0 Å². The first kappa shape index (κ1) is 17.8. The summed E-state index contributed by atoms with van der Waals surface area (Å²) in [6.07, 6.45) is 1.20. The van der Waals surface area contributed by atoms with Gasteiger partial charge in [-0.05, 0) is 48.7 Å². The van der Waals surface area contributed by atoms with Crippen molar-refractivity contribution in [1.82, 2.24) is 5.32 Å². The third-order valence-electron chi connectivity index (χ3n) is 4.29. The predicted molar refractivity (Wildman–Crippen MR) is 101 cm³/mol. The molecule has 1 fully saturated rings. The van der Waals surface area contributed by atoms with Crippen LogP contribution < -0.4 is 10.6 Å². The number of hydrogen-bond acceptors (Lipinski definition) is 4. The second-order valence-corrected chi connectivity index (χ2v) is 6.49. The van der Waals surface area contributed by atoms with Crippen LogP contribution in [0, 0.1) is 11.8 Å². The van der Waals surface area contributed by atoms with Gasteiger partial charge in [-0.1, -0.05) is 25.1 Å². The quantitative estimate of drug-likeness (QED) is 0.734. The van der Waals surface area contributed by atoms with Crippen LogP contribution in [0.3, 0.4) is 0 Å². The first-order valence-electron chi connectivity index (χ1n) is 8.76. The predicted octanol–water partition coefficient (Wildman–Crippen LogP) is 4.20. The highest BCUT2D eigenvalue weighted by Gasteiger charge is 2.38. The molecule has 2 aromatic rings. The van der Waals surface area contributed by atoms with Crippen LogP contribution in [-0.2, 0) is 9.59 Å². The molecule has 0 aromatic heterocycles. The number of amides is 2. The van der Waals surface area contributed by atoms with E-state index in [4.69, 9.17) is 0 Å². The lowest BCUT2D eigenvalue weighted by Gasteiger charge is -2.06. The summed E-state index contributed by atoms with van der Waals surface area (Å²) in [4.78, 5) is 23.6. The van der Waals surface area contributed by atoms with E-state index >= 15 is 0 Å². The van der Waals surface area contributed by atoms with Gasteiger partial charge in [-0.3, -0.25) is 9.59 Å². The van der Waals surface area contributed by atoms with Crippen LogP contribution >= 0.6 is 0 Å². The molecular weight excluding hydrogens is 328 g/mol. The number of carbonyl (C=O) groups is 2. The molecule has 2 amide bonds. The fraction of sp³-hybridized carbons (Fsp3) is 0.300. The van der Waals surface area contributed by atoms with E-state index in [1.807, 2.05) is 30.3 Å². The average molecular weight is 350 g/mol. The molecule has 0 saturated heterocycles. The number of nitrogens with one attached hydrogen (secondary N) is 2. The van der Waals surface area contributed by atoms with Gasteiger partial charge in [0, 0.05) is 24.6 Å². The molecule has 2 aromatic carbocycles. The van der Waals surface area contributed by atoms with E-state index in [-0.39, 0.29) is 24.2 Å². The maximum atomic E-state index is 11.9. The molecular formula is C20H22N4O2. The van der Waals surface area contributed by atoms with Gasteiger partial charge in [0.1, 0.15) is 0 Å². The van der Waals surface area contributed by atoms with Gasteiger partial charge in [-0.15, -0.1) is 0 Å². The van der Waals surface area contributed by atoms with Crippen molar-refractivity contribution in [3.63, 3.8) is 0 Å². The first-order chi connectivity index (χ1) is 12.6. The van der Waals surface area contributed by atoms with Crippen LogP contribution in [0.15, 0.2) is 64.8 Å². The lowest BCUT2D eigenvalue weighted by atomic mass is 10.2. The van der Waals surface area contributed by atoms with Crippen molar-refractivity contribution in [3.05, 3.63) is 54.6 Å². The van der Waals surface area contributed by atoms with Crippen LogP contribution in [0.4, 0.5) is 17.1 Å². The van der Waals surface area contributed by atoms with Gasteiger partial charge < -0.3 is 10.6 Å². The van der Waals surface area contributed by atoms with Crippen molar-refractivity contribution in [2.24, 2.45) is 22.1 Å². The van der Waals surface area contributed by atoms with E-state index in [2.05, 4.69) is 27.8 Å². The lowest BCUT2D eigenvalue weighted by molar-refractivity contribution is -0.122. The second-order valence-electron chi connectivity index (χ2n) is 6.49. The molecule has 134 valence electrons. The fourth-order valence-corrected chi connectivity index (χ4v) is 2.56. The molecule has 26 heavy (non-hydrogen) atoms. The van der Waals surface area contributed by atoms with E-state index < -0.39 is 0 Å². The minimum Gasteiger partial charge on any atom is -0.355 e. The van der Waals surface area contributed by atoms with E-state index in [9.17, 15) is 9.59 Å². The molecule has 6 nitrogen and oxygen atoms in total. The molecule has 0 aliphatic heterocycles. The Kier molecular flexibility index (Phi) is 5.73. The zero-order valence-electron chi connectivity index (χ0n) is 14.7. The fourth-order valence-electron chi connectivity index (χ4n) is 2.56. The second kappa shape index (κ2) is 8.38. The smallest absolute Gasteiger partial charge is 0.226 e. The van der Waals surface area contributed by atoms with Gasteiger partial charge in [-0.2, -0.15) is 10.2 Å². The number of carbonyl (C=O) groups excluding carboxylic acids is 2. The largest absolute Gasteiger partial charge is 0.355 e. The Balaban J connectivity index is 1.42. The van der Waals surface area contributed by atoms with Gasteiger partial charge in [0.05, 0.1) is 11.4 Å². The number of nitrogens with zero attached hydrogens (tertiary/aromatic N) is 2. The lowest BCUT2D eigenvalue weighted by Crippen LogP contribution is -2.29. The summed E-state index contributed by atoms with van der Waals surface area (Å²) >= 11 is 0. The summed E-state index contributed by atoms with van der Waals surface area (Å²) in [6.45, 7) is 2.41. The minimum absolute atomic E-state index is 0.0541. The van der Waals surface area contributed by atoms with Gasteiger partial charge >= 0.3 is 0 Å². The number of rotatable bonds is 7. The van der Waals surface area contributed by atoms with Crippen molar-refractivity contribution >= 4 is 28.9 Å². The molecule has 0 radical (unpaired) electrons. The van der Waals surface area contributed by atoms with Gasteiger partial charge in [0.15, 0.2) is 0 Å². The third-order valence-corrected chi connectivity index (χ3v) is 4.29. The third kappa shape index (κ3) is 5.24. The summed E-state index contributed by atoms with van der Waals surface area (Å²) in [5.41, 5.74) is 2.18. The Hall–Kier alpha value is -3.02. The standard InChI is InChI=1S/C20H22N4O2/c1-14-13-18(14)20(26)21-12-11-19(25)22-15-7-9-17(10-8-15)24-23-16-5-3-2-4-6-16/h2-10,14,18H,11-13H2,1H3,(H,21,26)(H,22,25). The molecule has 1 aliphatic rings. The number of benzene rings is 2. The van der Waals surface area contributed by atoms with Crippen LogP contribution in [0.2, 0.25) is 0 Å². The van der Waals surface area contributed by atoms with Crippen molar-refractivity contribution in [2.75, 3.05) is 11.9 Å². The first-order valence-corrected chi connectivity index (χ1v) is 8.76. The molecule has 2 N–H and O–H groups in total. The molecule has 2 unspecified atom stereocenters. The van der Waals surface area contributed by atoms with Gasteiger partial charge in [0.25, 0.3) is 0 Å². The molecule has 3 rings (SSSR count). The van der Waals surface area contributed by atoms with E-state index in [0.717, 1.165) is 12.1 Å². The van der Waals surface area contributed by atoms with Crippen molar-refractivity contribution < 1.29 is 9.59 Å². The number of azo groups is 1. The Morgan fingerprint density at radius 1 is 1.00 bits per heavy atom. The summed E-state index contributed by atoms with van der Waals surface area (Å²) in [6, 6.07) is 16.6. The van der Waals surface area contributed by atoms with Crippen molar-refractivity contribution in [1.29, 1.82) is 0 Å². The zero-order chi connectivity index (χ0) is 18.4. The van der Waals surface area contributed by atoms with Crippen molar-refractivity contribution in [3.8, 4) is 0 Å². The molecule has 1 aliphatic carbocycles. The van der Waals surface area contributed by atoms with E-state index in [0.29, 0.717) is 23.8 Å². The summed E-state index contributed by atoms with van der Waals surface area (Å²) < 4.78 is 0. The van der Waals surface area contributed by atoms with E-state index in [1.54, 1.807) is 24.3 Å². The van der Waals surface area contributed by atoms with Gasteiger partial charge in [0.2, 0.25) is 11.8 Å². The normalized spacial score (nSPS) is 18.5. The maximum absolute atomic E-state index is 11.9. The van der Waals surface area contributed by atoms with Crippen molar-refractivity contribution in [2.45, 2.75) is 19.8 Å². The Labute approximate surface area is 152 Å². The SMILES string of the molecule is CC1CC1C(=O)NCCC(=O)Nc1ccc(N=Nc2ccccc2)cc1. The summed E-state index contributed by atoms with van der Waals surface area (Å²) in [7, 11) is 0. The molecule has 0 heterocycles. The molecule has 0 spiro atoms. The Morgan fingerprint density at radius 3 is 2.23 bits per heavy atom. The topological polar surface area (TPSA) is 82.9 Å². The molecule has 1 saturated carbocycles.